The van der Waals surface area contributed by atoms with Crippen LogP contribution in [0.25, 0.3) is 11.3 Å². The van der Waals surface area contributed by atoms with Crippen LogP contribution in [-0.2, 0) is 0 Å². The molecular weight excluding hydrogens is 444 g/mol. The highest BCUT2D eigenvalue weighted by Crippen LogP contribution is 2.29. The fourth-order valence-electron chi connectivity index (χ4n) is 2.99. The molecule has 0 aliphatic rings. The lowest BCUT2D eigenvalue weighted by atomic mass is 10.1. The summed E-state index contributed by atoms with van der Waals surface area (Å²) in [4.78, 5) is 10.1. The van der Waals surface area contributed by atoms with Crippen LogP contribution in [0.15, 0.2) is 86.8 Å². The number of para-hydroxylation sites is 1. The first-order valence-electron chi connectivity index (χ1n) is 9.15. The molecule has 0 saturated heterocycles. The van der Waals surface area contributed by atoms with Gasteiger partial charge in [-0.25, -0.2) is 9.67 Å². The predicted octanol–water partition coefficient (Wildman–Crippen LogP) is 6.11. The molecule has 0 saturated carbocycles. The minimum Gasteiger partial charge on any atom is -0.255 e. The molecule has 29 heavy (non-hydrogen) atoms. The van der Waals surface area contributed by atoms with E-state index in [1.165, 1.54) is 0 Å². The zero-order valence-corrected chi connectivity index (χ0v) is 18.5. The molecule has 2 aromatic carbocycles. The van der Waals surface area contributed by atoms with E-state index in [4.69, 9.17) is 10.1 Å². The monoisotopic (exact) mass is 462 g/mol. The molecule has 0 N–H and O–H groups in total. The summed E-state index contributed by atoms with van der Waals surface area (Å²) in [7, 11) is 0. The standard InChI is InChI=1S/C23H19BrN4S/c1-16-8-7-9-17(2)22(16)27-23-28(26-14-18-10-5-6-13-25-18)21(15-29-23)19-11-3-4-12-20(19)24/h3-15H,1-2H3. The topological polar surface area (TPSA) is 42.5 Å². The second-order valence-electron chi connectivity index (χ2n) is 6.55. The van der Waals surface area contributed by atoms with Gasteiger partial charge in [0.1, 0.15) is 0 Å². The van der Waals surface area contributed by atoms with Crippen LogP contribution in [0, 0.1) is 13.8 Å². The van der Waals surface area contributed by atoms with Gasteiger partial charge < -0.3 is 0 Å². The third-order valence-electron chi connectivity index (χ3n) is 4.48. The Morgan fingerprint density at radius 1 is 0.966 bits per heavy atom. The molecular formula is C23H19BrN4S. The van der Waals surface area contributed by atoms with E-state index < -0.39 is 0 Å². The third-order valence-corrected chi connectivity index (χ3v) is 5.98. The molecule has 0 radical (unpaired) electrons. The van der Waals surface area contributed by atoms with Gasteiger partial charge in [0.2, 0.25) is 4.80 Å². The van der Waals surface area contributed by atoms with E-state index in [1.807, 2.05) is 41.1 Å². The van der Waals surface area contributed by atoms with Crippen molar-refractivity contribution in [2.75, 3.05) is 0 Å². The number of aryl methyl sites for hydroxylation is 2. The number of aromatic nitrogens is 2. The van der Waals surface area contributed by atoms with Gasteiger partial charge in [-0.15, -0.1) is 11.3 Å². The molecule has 0 unspecified atom stereocenters. The predicted molar refractivity (Wildman–Crippen MR) is 124 cm³/mol. The van der Waals surface area contributed by atoms with Crippen LogP contribution in [0.1, 0.15) is 16.8 Å². The Hall–Kier alpha value is -2.83. The average molecular weight is 463 g/mol. The van der Waals surface area contributed by atoms with Gasteiger partial charge in [0.25, 0.3) is 0 Å². The number of benzene rings is 2. The fraction of sp³-hybridized carbons (Fsp3) is 0.0870. The van der Waals surface area contributed by atoms with Crippen LogP contribution in [0.2, 0.25) is 0 Å². The molecule has 4 aromatic rings. The zero-order valence-electron chi connectivity index (χ0n) is 16.1. The maximum atomic E-state index is 4.96. The van der Waals surface area contributed by atoms with Crippen molar-refractivity contribution in [2.45, 2.75) is 13.8 Å². The summed E-state index contributed by atoms with van der Waals surface area (Å²) in [6, 6.07) is 20.1. The smallest absolute Gasteiger partial charge is 0.211 e. The van der Waals surface area contributed by atoms with Crippen molar-refractivity contribution in [3.05, 3.63) is 98.3 Å². The number of pyridine rings is 1. The number of hydrogen-bond acceptors (Lipinski definition) is 4. The molecule has 0 aliphatic carbocycles. The molecule has 4 rings (SSSR count). The summed E-state index contributed by atoms with van der Waals surface area (Å²) in [5, 5.41) is 6.82. The lowest BCUT2D eigenvalue weighted by molar-refractivity contribution is 0.852. The number of halogens is 1. The first-order chi connectivity index (χ1) is 14.1. The highest BCUT2D eigenvalue weighted by molar-refractivity contribution is 9.10. The van der Waals surface area contributed by atoms with Crippen molar-refractivity contribution < 1.29 is 0 Å². The Labute approximate surface area is 182 Å². The summed E-state index contributed by atoms with van der Waals surface area (Å²) in [5.74, 6) is 0. The highest BCUT2D eigenvalue weighted by atomic mass is 79.9. The van der Waals surface area contributed by atoms with E-state index in [2.05, 4.69) is 64.4 Å². The fourth-order valence-corrected chi connectivity index (χ4v) is 4.31. The molecule has 2 aromatic heterocycles. The Morgan fingerprint density at radius 2 is 1.72 bits per heavy atom. The van der Waals surface area contributed by atoms with Crippen molar-refractivity contribution in [3.8, 4) is 11.3 Å². The van der Waals surface area contributed by atoms with Crippen molar-refractivity contribution in [2.24, 2.45) is 10.1 Å². The lowest BCUT2D eigenvalue weighted by Crippen LogP contribution is -2.12. The van der Waals surface area contributed by atoms with E-state index in [0.717, 1.165) is 43.0 Å². The van der Waals surface area contributed by atoms with E-state index >= 15 is 0 Å². The van der Waals surface area contributed by atoms with Crippen molar-refractivity contribution in [1.82, 2.24) is 9.66 Å². The highest BCUT2D eigenvalue weighted by Gasteiger charge is 2.11. The quantitative estimate of drug-likeness (QED) is 0.337. The summed E-state index contributed by atoms with van der Waals surface area (Å²) in [6.07, 6.45) is 3.52. The van der Waals surface area contributed by atoms with Gasteiger partial charge in [-0.3, -0.25) is 4.98 Å². The molecule has 6 heteroatoms. The number of thiazole rings is 1. The van der Waals surface area contributed by atoms with Gasteiger partial charge in [0, 0.05) is 21.6 Å². The largest absolute Gasteiger partial charge is 0.255 e. The average Bonchev–Trinajstić information content (AvgIpc) is 3.12. The van der Waals surface area contributed by atoms with Crippen molar-refractivity contribution >= 4 is 39.2 Å². The Kier molecular flexibility index (Phi) is 5.83. The normalized spacial score (nSPS) is 12.0. The van der Waals surface area contributed by atoms with Gasteiger partial charge in [-0.05, 0) is 43.2 Å². The van der Waals surface area contributed by atoms with E-state index in [1.54, 1.807) is 23.7 Å². The van der Waals surface area contributed by atoms with Gasteiger partial charge >= 0.3 is 0 Å². The number of nitrogens with zero attached hydrogens (tertiary/aromatic N) is 4. The van der Waals surface area contributed by atoms with Gasteiger partial charge in [-0.2, -0.15) is 5.10 Å². The van der Waals surface area contributed by atoms with Crippen LogP contribution >= 0.6 is 27.3 Å². The van der Waals surface area contributed by atoms with Crippen LogP contribution in [0.5, 0.6) is 0 Å². The number of hydrogen-bond donors (Lipinski definition) is 0. The Morgan fingerprint density at radius 3 is 2.45 bits per heavy atom. The van der Waals surface area contributed by atoms with E-state index in [-0.39, 0.29) is 0 Å². The maximum Gasteiger partial charge on any atom is 0.211 e. The molecule has 2 heterocycles. The molecule has 4 nitrogen and oxygen atoms in total. The first kappa shape index (κ1) is 19.5. The zero-order chi connectivity index (χ0) is 20.2. The molecule has 0 spiro atoms. The summed E-state index contributed by atoms with van der Waals surface area (Å²) in [6.45, 7) is 4.16. The minimum atomic E-state index is 0.794. The molecule has 0 fully saturated rings. The summed E-state index contributed by atoms with van der Waals surface area (Å²) >= 11 is 5.23. The van der Waals surface area contributed by atoms with Crippen LogP contribution in [-0.4, -0.2) is 15.9 Å². The molecule has 0 aliphatic heterocycles. The third kappa shape index (κ3) is 4.28. The molecule has 144 valence electrons. The maximum absolute atomic E-state index is 4.96. The summed E-state index contributed by atoms with van der Waals surface area (Å²) < 4.78 is 2.89. The summed E-state index contributed by atoms with van der Waals surface area (Å²) in [5.41, 5.74) is 6.09. The van der Waals surface area contributed by atoms with Crippen LogP contribution in [0.4, 0.5) is 5.69 Å². The van der Waals surface area contributed by atoms with Crippen LogP contribution in [0.3, 0.4) is 0 Å². The van der Waals surface area contributed by atoms with Gasteiger partial charge in [-0.1, -0.05) is 58.4 Å². The van der Waals surface area contributed by atoms with Crippen molar-refractivity contribution in [1.29, 1.82) is 0 Å². The Bertz CT molecular complexity index is 1220. The van der Waals surface area contributed by atoms with E-state index in [9.17, 15) is 0 Å². The SMILES string of the molecule is Cc1cccc(C)c1N=c1scc(-c2ccccc2Br)n1N=Cc1ccccn1. The molecule has 0 atom stereocenters. The van der Waals surface area contributed by atoms with Crippen molar-refractivity contribution in [3.63, 3.8) is 0 Å². The first-order valence-corrected chi connectivity index (χ1v) is 10.8. The molecule has 0 bridgehead atoms. The van der Waals surface area contributed by atoms with E-state index in [0.29, 0.717) is 0 Å². The second-order valence-corrected chi connectivity index (χ2v) is 8.24. The number of rotatable bonds is 4. The van der Waals surface area contributed by atoms with Crippen LogP contribution < -0.4 is 4.80 Å². The van der Waals surface area contributed by atoms with Gasteiger partial charge in [0.15, 0.2) is 0 Å². The Balaban J connectivity index is 1.92. The minimum absolute atomic E-state index is 0.794. The lowest BCUT2D eigenvalue weighted by Gasteiger charge is -2.07. The van der Waals surface area contributed by atoms with Gasteiger partial charge in [0.05, 0.1) is 23.3 Å². The second kappa shape index (κ2) is 8.68. The molecule has 0 amide bonds.